The highest BCUT2D eigenvalue weighted by Crippen LogP contribution is 2.39. The molecule has 7 heteroatoms. The van der Waals surface area contributed by atoms with Crippen LogP contribution in [-0.2, 0) is 20.9 Å². The summed E-state index contributed by atoms with van der Waals surface area (Å²) in [7, 11) is 1.31. The third-order valence-corrected chi connectivity index (χ3v) is 3.10. The van der Waals surface area contributed by atoms with Crippen LogP contribution >= 0.6 is 11.6 Å². The molecule has 0 aromatic carbocycles. The Kier molecular flexibility index (Phi) is 3.76. The number of hydrogen-bond acceptors (Lipinski definition) is 5. The fraction of sp³-hybridized carbons (Fsp3) is 0.455. The van der Waals surface area contributed by atoms with Crippen LogP contribution in [0, 0.1) is 11.8 Å². The van der Waals surface area contributed by atoms with Crippen molar-refractivity contribution in [3.05, 3.63) is 23.2 Å². The summed E-state index contributed by atoms with van der Waals surface area (Å²) in [6, 6.07) is 0. The summed E-state index contributed by atoms with van der Waals surface area (Å²) in [5.74, 6) is -1.14. The zero-order valence-corrected chi connectivity index (χ0v) is 10.5. The van der Waals surface area contributed by atoms with Crippen molar-refractivity contribution in [3.63, 3.8) is 0 Å². The van der Waals surface area contributed by atoms with Gasteiger partial charge in [-0.15, -0.1) is 0 Å². The van der Waals surface area contributed by atoms with Crippen molar-refractivity contribution in [1.82, 2.24) is 15.3 Å². The largest absolute Gasteiger partial charge is 0.469 e. The Morgan fingerprint density at radius 2 is 2.17 bits per heavy atom. The van der Waals surface area contributed by atoms with Crippen LogP contribution in [0.15, 0.2) is 12.4 Å². The van der Waals surface area contributed by atoms with E-state index < -0.39 is 0 Å². The standard InChI is InChI=1S/C11H12ClN3O3/c1-18-11(17)7-4-6(7)10(16)15-5-8-9(12)14-3-2-13-8/h2-3,6-7H,4-5H2,1H3,(H,15,16). The lowest BCUT2D eigenvalue weighted by Crippen LogP contribution is -2.26. The molecule has 1 amide bonds. The highest BCUT2D eigenvalue weighted by atomic mass is 35.5. The van der Waals surface area contributed by atoms with Gasteiger partial charge < -0.3 is 10.1 Å². The van der Waals surface area contributed by atoms with Gasteiger partial charge in [-0.3, -0.25) is 14.6 Å². The first-order valence-corrected chi connectivity index (χ1v) is 5.82. The molecule has 1 aromatic heterocycles. The van der Waals surface area contributed by atoms with E-state index >= 15 is 0 Å². The molecule has 18 heavy (non-hydrogen) atoms. The Morgan fingerprint density at radius 3 is 2.83 bits per heavy atom. The normalized spacial score (nSPS) is 21.2. The molecule has 1 aliphatic rings. The van der Waals surface area contributed by atoms with E-state index in [1.165, 1.54) is 19.5 Å². The maximum Gasteiger partial charge on any atom is 0.309 e. The van der Waals surface area contributed by atoms with Gasteiger partial charge in [-0.2, -0.15) is 0 Å². The van der Waals surface area contributed by atoms with E-state index in [1.54, 1.807) is 0 Å². The van der Waals surface area contributed by atoms with Gasteiger partial charge in [0.2, 0.25) is 5.91 Å². The second-order valence-electron chi connectivity index (χ2n) is 3.98. The summed E-state index contributed by atoms with van der Waals surface area (Å²) in [4.78, 5) is 30.7. The van der Waals surface area contributed by atoms with Crippen molar-refractivity contribution in [2.75, 3.05) is 7.11 Å². The Balaban J connectivity index is 1.84. The first-order chi connectivity index (χ1) is 8.63. The fourth-order valence-electron chi connectivity index (χ4n) is 1.67. The number of amides is 1. The zero-order valence-electron chi connectivity index (χ0n) is 9.72. The fourth-order valence-corrected chi connectivity index (χ4v) is 1.84. The number of hydrogen-bond donors (Lipinski definition) is 1. The molecule has 1 aromatic rings. The highest BCUT2D eigenvalue weighted by molar-refractivity contribution is 6.29. The summed E-state index contributed by atoms with van der Waals surface area (Å²) in [5, 5.41) is 2.94. The maximum absolute atomic E-state index is 11.7. The van der Waals surface area contributed by atoms with Crippen LogP contribution < -0.4 is 5.32 Å². The van der Waals surface area contributed by atoms with Crippen molar-refractivity contribution in [2.45, 2.75) is 13.0 Å². The third kappa shape index (κ3) is 2.76. The van der Waals surface area contributed by atoms with Gasteiger partial charge in [0.15, 0.2) is 5.15 Å². The number of nitrogens with zero attached hydrogens (tertiary/aromatic N) is 2. The van der Waals surface area contributed by atoms with Crippen molar-refractivity contribution in [3.8, 4) is 0 Å². The molecule has 1 fully saturated rings. The molecule has 1 heterocycles. The van der Waals surface area contributed by atoms with E-state index in [2.05, 4.69) is 20.0 Å². The van der Waals surface area contributed by atoms with E-state index in [-0.39, 0.29) is 35.4 Å². The summed E-state index contributed by atoms with van der Waals surface area (Å²) >= 11 is 5.81. The lowest BCUT2D eigenvalue weighted by molar-refractivity contribution is -0.143. The van der Waals surface area contributed by atoms with Gasteiger partial charge in [0.25, 0.3) is 0 Å². The molecule has 1 saturated carbocycles. The average molecular weight is 270 g/mol. The monoisotopic (exact) mass is 269 g/mol. The molecule has 0 spiro atoms. The predicted molar refractivity (Wildman–Crippen MR) is 62.5 cm³/mol. The van der Waals surface area contributed by atoms with Crippen molar-refractivity contribution >= 4 is 23.5 Å². The lowest BCUT2D eigenvalue weighted by atomic mass is 10.3. The topological polar surface area (TPSA) is 81.2 Å². The van der Waals surface area contributed by atoms with Crippen LogP contribution in [0.1, 0.15) is 12.1 Å². The SMILES string of the molecule is COC(=O)C1CC1C(=O)NCc1nccnc1Cl. The minimum absolute atomic E-state index is 0.188. The van der Waals surface area contributed by atoms with Crippen LogP contribution in [0.3, 0.4) is 0 Å². The number of aromatic nitrogens is 2. The molecule has 0 radical (unpaired) electrons. The molecule has 1 aliphatic carbocycles. The smallest absolute Gasteiger partial charge is 0.309 e. The van der Waals surface area contributed by atoms with Gasteiger partial charge in [0.1, 0.15) is 0 Å². The van der Waals surface area contributed by atoms with Crippen LogP contribution in [0.5, 0.6) is 0 Å². The molecular formula is C11H12ClN3O3. The summed E-state index contributed by atoms with van der Waals surface area (Å²) in [5.41, 5.74) is 0.503. The molecule has 0 aliphatic heterocycles. The quantitative estimate of drug-likeness (QED) is 0.808. The Bertz CT molecular complexity index is 480. The summed E-state index contributed by atoms with van der Waals surface area (Å²) in [6.07, 6.45) is 3.51. The molecule has 0 saturated heterocycles. The molecule has 2 atom stereocenters. The molecule has 1 N–H and O–H groups in total. The van der Waals surface area contributed by atoms with Crippen LogP contribution in [0.25, 0.3) is 0 Å². The van der Waals surface area contributed by atoms with Gasteiger partial charge in [-0.1, -0.05) is 11.6 Å². The average Bonchev–Trinajstić information content (AvgIpc) is 3.17. The van der Waals surface area contributed by atoms with Gasteiger partial charge in [0.05, 0.1) is 31.2 Å². The number of methoxy groups -OCH3 is 1. The van der Waals surface area contributed by atoms with E-state index in [0.29, 0.717) is 12.1 Å². The molecule has 2 rings (SSSR count). The van der Waals surface area contributed by atoms with Crippen LogP contribution in [-0.4, -0.2) is 29.0 Å². The third-order valence-electron chi connectivity index (χ3n) is 2.78. The van der Waals surface area contributed by atoms with E-state index in [0.717, 1.165) is 0 Å². The lowest BCUT2D eigenvalue weighted by Gasteiger charge is -2.04. The minimum atomic E-state index is -0.340. The van der Waals surface area contributed by atoms with E-state index in [4.69, 9.17) is 11.6 Å². The minimum Gasteiger partial charge on any atom is -0.469 e. The number of halogens is 1. The molecular weight excluding hydrogens is 258 g/mol. The number of carbonyl (C=O) groups is 2. The predicted octanol–water partition coefficient (Wildman–Crippen LogP) is 0.555. The second kappa shape index (κ2) is 5.30. The van der Waals surface area contributed by atoms with Crippen LogP contribution in [0.2, 0.25) is 5.15 Å². The molecule has 6 nitrogen and oxygen atoms in total. The van der Waals surface area contributed by atoms with Crippen LogP contribution in [0.4, 0.5) is 0 Å². The molecule has 96 valence electrons. The van der Waals surface area contributed by atoms with Crippen molar-refractivity contribution < 1.29 is 14.3 Å². The molecule has 2 unspecified atom stereocenters. The number of ether oxygens (including phenoxy) is 1. The Morgan fingerprint density at radius 1 is 1.44 bits per heavy atom. The van der Waals surface area contributed by atoms with Gasteiger partial charge in [-0.25, -0.2) is 4.98 Å². The molecule has 0 bridgehead atoms. The van der Waals surface area contributed by atoms with Gasteiger partial charge in [-0.05, 0) is 6.42 Å². The maximum atomic E-state index is 11.7. The Hall–Kier alpha value is -1.69. The second-order valence-corrected chi connectivity index (χ2v) is 4.34. The first kappa shape index (κ1) is 12.8. The number of rotatable bonds is 4. The highest BCUT2D eigenvalue weighted by Gasteiger charge is 2.48. The van der Waals surface area contributed by atoms with E-state index in [1.807, 2.05) is 0 Å². The first-order valence-electron chi connectivity index (χ1n) is 5.44. The number of esters is 1. The number of carbonyl (C=O) groups excluding carboxylic acids is 2. The Labute approximate surface area is 109 Å². The summed E-state index contributed by atoms with van der Waals surface area (Å²) in [6.45, 7) is 0.204. The summed E-state index contributed by atoms with van der Waals surface area (Å²) < 4.78 is 4.57. The van der Waals surface area contributed by atoms with Gasteiger partial charge in [0, 0.05) is 12.4 Å². The van der Waals surface area contributed by atoms with Crippen molar-refractivity contribution in [1.29, 1.82) is 0 Å². The van der Waals surface area contributed by atoms with Crippen molar-refractivity contribution in [2.24, 2.45) is 11.8 Å². The van der Waals surface area contributed by atoms with Gasteiger partial charge >= 0.3 is 5.97 Å². The zero-order chi connectivity index (χ0) is 13.1. The number of nitrogens with one attached hydrogen (secondary N) is 1. The van der Waals surface area contributed by atoms with E-state index in [9.17, 15) is 9.59 Å².